The van der Waals surface area contributed by atoms with E-state index in [1.807, 2.05) is 0 Å². The predicted octanol–water partition coefficient (Wildman–Crippen LogP) is 3.19. The molecule has 5 nitrogen and oxygen atoms in total. The highest BCUT2D eigenvalue weighted by Crippen LogP contribution is 2.18. The summed E-state index contributed by atoms with van der Waals surface area (Å²) >= 11 is 0. The molecule has 3 N–H and O–H groups in total. The van der Waals surface area contributed by atoms with Crippen molar-refractivity contribution >= 4 is 35.8 Å². The van der Waals surface area contributed by atoms with Crippen molar-refractivity contribution < 1.29 is 4.79 Å². The van der Waals surface area contributed by atoms with Gasteiger partial charge in [0.1, 0.15) is 0 Å². The van der Waals surface area contributed by atoms with Gasteiger partial charge < -0.3 is 16.0 Å². The maximum atomic E-state index is 11.6. The molecule has 1 atom stereocenters. The number of amides is 1. The van der Waals surface area contributed by atoms with E-state index in [1.165, 1.54) is 25.7 Å². The molecule has 136 valence electrons. The molecule has 0 spiro atoms. The lowest BCUT2D eigenvalue weighted by Crippen LogP contribution is -2.42. The van der Waals surface area contributed by atoms with Crippen LogP contribution in [0, 0.1) is 0 Å². The first-order valence-corrected chi connectivity index (χ1v) is 8.99. The highest BCUT2D eigenvalue weighted by molar-refractivity contribution is 14.0. The first-order chi connectivity index (χ1) is 10.7. The van der Waals surface area contributed by atoms with Crippen LogP contribution in [0.4, 0.5) is 0 Å². The zero-order valence-electron chi connectivity index (χ0n) is 15.0. The highest BCUT2D eigenvalue weighted by atomic mass is 127. The summed E-state index contributed by atoms with van der Waals surface area (Å²) in [7, 11) is 0. The van der Waals surface area contributed by atoms with Crippen molar-refractivity contribution in [1.29, 1.82) is 0 Å². The summed E-state index contributed by atoms with van der Waals surface area (Å²) in [5.41, 5.74) is 0. The fraction of sp³-hybridized carbons (Fsp3) is 0.882. The molecule has 1 rings (SSSR count). The number of aliphatic imine (C=N–C) groups is 1. The van der Waals surface area contributed by atoms with Crippen molar-refractivity contribution in [3.05, 3.63) is 0 Å². The van der Waals surface area contributed by atoms with Crippen LogP contribution in [-0.2, 0) is 4.79 Å². The van der Waals surface area contributed by atoms with E-state index in [-0.39, 0.29) is 29.9 Å². The minimum Gasteiger partial charge on any atom is -0.357 e. The molecule has 0 bridgehead atoms. The van der Waals surface area contributed by atoms with Gasteiger partial charge in [0.05, 0.1) is 0 Å². The Hall–Kier alpha value is -0.530. The van der Waals surface area contributed by atoms with Gasteiger partial charge in [-0.15, -0.1) is 24.0 Å². The minimum atomic E-state index is 0. The normalized spacial score (nSPS) is 15.5. The Kier molecular flexibility index (Phi) is 13.5. The fourth-order valence-electron chi connectivity index (χ4n) is 2.28. The third kappa shape index (κ3) is 12.5. The fourth-order valence-corrected chi connectivity index (χ4v) is 2.28. The van der Waals surface area contributed by atoms with E-state index >= 15 is 0 Å². The molecule has 1 saturated carbocycles. The Morgan fingerprint density at radius 1 is 1.22 bits per heavy atom. The van der Waals surface area contributed by atoms with Crippen LogP contribution in [0.1, 0.15) is 72.1 Å². The quantitative estimate of drug-likeness (QED) is 0.201. The van der Waals surface area contributed by atoms with Crippen LogP contribution in [0.5, 0.6) is 0 Å². The summed E-state index contributed by atoms with van der Waals surface area (Å²) in [6.45, 7) is 8.04. The maximum absolute atomic E-state index is 11.6. The summed E-state index contributed by atoms with van der Waals surface area (Å²) < 4.78 is 0. The molecule has 0 aromatic rings. The number of guanidine groups is 1. The maximum Gasteiger partial charge on any atom is 0.220 e. The first kappa shape index (κ1) is 22.5. The first-order valence-electron chi connectivity index (χ1n) is 8.99. The van der Waals surface area contributed by atoms with E-state index in [4.69, 9.17) is 0 Å². The standard InChI is InChI=1S/C17H34N4O.HI/c1-4-6-7-9-14(3)20-17(18-5-2)19-13-8-10-16(22)21-15-11-12-15;/h14-15H,4-13H2,1-3H3,(H,21,22)(H2,18,19,20);1H. The molecule has 1 fully saturated rings. The molecule has 0 aromatic heterocycles. The lowest BCUT2D eigenvalue weighted by atomic mass is 10.1. The molecular formula is C17H35IN4O. The second-order valence-electron chi connectivity index (χ2n) is 6.25. The molecule has 0 radical (unpaired) electrons. The lowest BCUT2D eigenvalue weighted by Gasteiger charge is -2.17. The SMILES string of the molecule is CCCCCC(C)NC(=NCCCC(=O)NC1CC1)NCC.I. The largest absolute Gasteiger partial charge is 0.357 e. The summed E-state index contributed by atoms with van der Waals surface area (Å²) in [5.74, 6) is 1.04. The molecule has 1 aliphatic carbocycles. The number of nitrogens with zero attached hydrogens (tertiary/aromatic N) is 1. The van der Waals surface area contributed by atoms with Crippen molar-refractivity contribution in [2.24, 2.45) is 4.99 Å². The summed E-state index contributed by atoms with van der Waals surface area (Å²) in [6.07, 6.45) is 8.64. The van der Waals surface area contributed by atoms with Gasteiger partial charge in [0, 0.05) is 31.6 Å². The molecular weight excluding hydrogens is 403 g/mol. The molecule has 1 unspecified atom stereocenters. The van der Waals surface area contributed by atoms with Crippen molar-refractivity contribution in [3.63, 3.8) is 0 Å². The van der Waals surface area contributed by atoms with E-state index in [0.29, 0.717) is 25.0 Å². The van der Waals surface area contributed by atoms with E-state index in [0.717, 1.165) is 31.8 Å². The van der Waals surface area contributed by atoms with Crippen molar-refractivity contribution in [2.75, 3.05) is 13.1 Å². The van der Waals surface area contributed by atoms with E-state index < -0.39 is 0 Å². The number of hydrogen-bond donors (Lipinski definition) is 3. The van der Waals surface area contributed by atoms with Crippen molar-refractivity contribution in [1.82, 2.24) is 16.0 Å². The minimum absolute atomic E-state index is 0. The van der Waals surface area contributed by atoms with Gasteiger partial charge in [-0.3, -0.25) is 9.79 Å². The Bertz CT molecular complexity index is 345. The highest BCUT2D eigenvalue weighted by Gasteiger charge is 2.22. The number of nitrogens with one attached hydrogen (secondary N) is 3. The second-order valence-corrected chi connectivity index (χ2v) is 6.25. The van der Waals surface area contributed by atoms with Crippen LogP contribution in [0.3, 0.4) is 0 Å². The number of unbranched alkanes of at least 4 members (excludes halogenated alkanes) is 2. The van der Waals surface area contributed by atoms with Crippen LogP contribution >= 0.6 is 24.0 Å². The average molecular weight is 438 g/mol. The van der Waals surface area contributed by atoms with Gasteiger partial charge in [-0.25, -0.2) is 0 Å². The van der Waals surface area contributed by atoms with Gasteiger partial charge in [0.2, 0.25) is 5.91 Å². The predicted molar refractivity (Wildman–Crippen MR) is 109 cm³/mol. The van der Waals surface area contributed by atoms with Gasteiger partial charge in [-0.1, -0.05) is 26.2 Å². The van der Waals surface area contributed by atoms with E-state index in [1.54, 1.807) is 0 Å². The summed E-state index contributed by atoms with van der Waals surface area (Å²) in [4.78, 5) is 16.2. The van der Waals surface area contributed by atoms with E-state index in [9.17, 15) is 4.79 Å². The smallest absolute Gasteiger partial charge is 0.220 e. The molecule has 0 heterocycles. The van der Waals surface area contributed by atoms with Crippen LogP contribution in [0.2, 0.25) is 0 Å². The van der Waals surface area contributed by atoms with Gasteiger partial charge in [-0.2, -0.15) is 0 Å². The van der Waals surface area contributed by atoms with Crippen LogP contribution < -0.4 is 16.0 Å². The zero-order chi connectivity index (χ0) is 16.2. The van der Waals surface area contributed by atoms with Gasteiger partial charge in [0.15, 0.2) is 5.96 Å². The molecule has 23 heavy (non-hydrogen) atoms. The van der Waals surface area contributed by atoms with Gasteiger partial charge in [0.25, 0.3) is 0 Å². The number of carbonyl (C=O) groups excluding carboxylic acids is 1. The summed E-state index contributed by atoms with van der Waals surface area (Å²) in [6, 6.07) is 0.890. The zero-order valence-corrected chi connectivity index (χ0v) is 17.3. The Labute approximate surface area is 158 Å². The monoisotopic (exact) mass is 438 g/mol. The van der Waals surface area contributed by atoms with Gasteiger partial charge >= 0.3 is 0 Å². The molecule has 0 saturated heterocycles. The number of rotatable bonds is 11. The number of carbonyl (C=O) groups is 1. The molecule has 1 amide bonds. The molecule has 0 aromatic carbocycles. The van der Waals surface area contributed by atoms with Crippen molar-refractivity contribution in [3.8, 4) is 0 Å². The molecule has 6 heteroatoms. The average Bonchev–Trinajstić information content (AvgIpc) is 3.28. The molecule has 0 aliphatic heterocycles. The van der Waals surface area contributed by atoms with Crippen molar-refractivity contribution in [2.45, 2.75) is 84.2 Å². The van der Waals surface area contributed by atoms with Crippen LogP contribution in [0.25, 0.3) is 0 Å². The molecule has 1 aliphatic rings. The van der Waals surface area contributed by atoms with Gasteiger partial charge in [-0.05, 0) is 39.5 Å². The van der Waals surface area contributed by atoms with Crippen LogP contribution in [-0.4, -0.2) is 37.0 Å². The van der Waals surface area contributed by atoms with Crippen LogP contribution in [0.15, 0.2) is 4.99 Å². The Balaban J connectivity index is 0.00000484. The lowest BCUT2D eigenvalue weighted by molar-refractivity contribution is -0.121. The number of hydrogen-bond acceptors (Lipinski definition) is 2. The Morgan fingerprint density at radius 3 is 2.57 bits per heavy atom. The van der Waals surface area contributed by atoms with E-state index in [2.05, 4.69) is 41.7 Å². The summed E-state index contributed by atoms with van der Waals surface area (Å²) in [5, 5.41) is 9.73. The topological polar surface area (TPSA) is 65.5 Å². The third-order valence-corrected chi connectivity index (χ3v) is 3.74. The Morgan fingerprint density at radius 2 is 1.96 bits per heavy atom. The number of halogens is 1. The second kappa shape index (κ2) is 13.9. The third-order valence-electron chi connectivity index (χ3n) is 3.74.